The van der Waals surface area contributed by atoms with Crippen LogP contribution in [0.15, 0.2) is 6.20 Å². The van der Waals surface area contributed by atoms with E-state index in [9.17, 15) is 0 Å². The van der Waals surface area contributed by atoms with Crippen molar-refractivity contribution in [3.05, 3.63) is 17.2 Å². The van der Waals surface area contributed by atoms with Gasteiger partial charge in [-0.1, -0.05) is 11.6 Å². The first-order chi connectivity index (χ1) is 7.34. The van der Waals surface area contributed by atoms with Gasteiger partial charge in [-0.3, -0.25) is 5.10 Å². The number of hydrogen-bond acceptors (Lipinski definition) is 4. The van der Waals surface area contributed by atoms with E-state index in [0.29, 0.717) is 17.3 Å². The van der Waals surface area contributed by atoms with E-state index in [4.69, 9.17) is 16.3 Å². The van der Waals surface area contributed by atoms with E-state index in [1.807, 2.05) is 0 Å². The highest BCUT2D eigenvalue weighted by Gasteiger charge is 2.22. The van der Waals surface area contributed by atoms with Crippen LogP contribution in [0.25, 0.3) is 11.0 Å². The summed E-state index contributed by atoms with van der Waals surface area (Å²) in [5.74, 6) is 1.02. The number of ether oxygens (including phenoxy) is 1. The van der Waals surface area contributed by atoms with Crippen molar-refractivity contribution >= 4 is 22.6 Å². The number of nitrogens with one attached hydrogen (secondary N) is 1. The van der Waals surface area contributed by atoms with Gasteiger partial charge in [-0.25, -0.2) is 9.97 Å². The predicted molar refractivity (Wildman–Crippen MR) is 54.9 cm³/mol. The topological polar surface area (TPSA) is 63.7 Å². The summed E-state index contributed by atoms with van der Waals surface area (Å²) in [7, 11) is 0. The number of aromatic amines is 1. The molecular weight excluding hydrogens is 216 g/mol. The van der Waals surface area contributed by atoms with Gasteiger partial charge in [0.25, 0.3) is 0 Å². The van der Waals surface area contributed by atoms with E-state index in [0.717, 1.165) is 24.4 Å². The minimum Gasteiger partial charge on any atom is -0.381 e. The Kier molecular flexibility index (Phi) is 2.07. The van der Waals surface area contributed by atoms with E-state index < -0.39 is 0 Å². The van der Waals surface area contributed by atoms with Gasteiger partial charge < -0.3 is 4.74 Å². The van der Waals surface area contributed by atoms with Gasteiger partial charge in [-0.15, -0.1) is 0 Å². The van der Waals surface area contributed by atoms with Crippen molar-refractivity contribution in [1.29, 1.82) is 0 Å². The van der Waals surface area contributed by atoms with Crippen LogP contribution >= 0.6 is 11.6 Å². The number of fused-ring (bicyclic) bond motifs is 1. The number of aromatic nitrogens is 4. The summed E-state index contributed by atoms with van der Waals surface area (Å²) in [5, 5.41) is 7.08. The maximum atomic E-state index is 6.02. The van der Waals surface area contributed by atoms with Crippen molar-refractivity contribution in [3.63, 3.8) is 0 Å². The molecule has 0 saturated carbocycles. The molecule has 1 aliphatic rings. The van der Waals surface area contributed by atoms with Gasteiger partial charge >= 0.3 is 0 Å². The lowest BCUT2D eigenvalue weighted by Crippen LogP contribution is -2.04. The fourth-order valence-corrected chi connectivity index (χ4v) is 1.97. The third kappa shape index (κ3) is 1.48. The summed E-state index contributed by atoms with van der Waals surface area (Å²) in [6, 6.07) is 0. The molecule has 2 aromatic rings. The molecule has 1 saturated heterocycles. The summed E-state index contributed by atoms with van der Waals surface area (Å²) < 4.78 is 5.30. The van der Waals surface area contributed by atoms with E-state index >= 15 is 0 Å². The fourth-order valence-electron chi connectivity index (χ4n) is 1.74. The second-order valence-corrected chi connectivity index (χ2v) is 3.92. The van der Waals surface area contributed by atoms with Crippen molar-refractivity contribution in [1.82, 2.24) is 20.2 Å². The van der Waals surface area contributed by atoms with Crippen molar-refractivity contribution < 1.29 is 4.74 Å². The average Bonchev–Trinajstić information content (AvgIpc) is 2.88. The first-order valence-electron chi connectivity index (χ1n) is 4.79. The van der Waals surface area contributed by atoms with E-state index in [2.05, 4.69) is 20.2 Å². The molecule has 1 atom stereocenters. The fraction of sp³-hybridized carbons (Fsp3) is 0.444. The Labute approximate surface area is 90.8 Å². The molecule has 6 heteroatoms. The zero-order valence-electron chi connectivity index (χ0n) is 7.90. The van der Waals surface area contributed by atoms with Crippen molar-refractivity contribution in [2.24, 2.45) is 0 Å². The summed E-state index contributed by atoms with van der Waals surface area (Å²) in [6.07, 6.45) is 2.61. The van der Waals surface area contributed by atoms with Crippen LogP contribution in [-0.2, 0) is 4.74 Å². The predicted octanol–water partition coefficient (Wildman–Crippen LogP) is 1.51. The van der Waals surface area contributed by atoms with Gasteiger partial charge in [0.15, 0.2) is 5.15 Å². The van der Waals surface area contributed by atoms with E-state index in [1.54, 1.807) is 6.20 Å². The monoisotopic (exact) mass is 224 g/mol. The van der Waals surface area contributed by atoms with Crippen molar-refractivity contribution in [2.75, 3.05) is 13.2 Å². The standard InChI is InChI=1S/C9H9ClN4O/c10-8-7-6(3-11-14-7)12-9(13-8)5-1-2-15-4-5/h3,5H,1-2,4H2,(H,11,14). The highest BCUT2D eigenvalue weighted by atomic mass is 35.5. The molecule has 0 spiro atoms. The largest absolute Gasteiger partial charge is 0.381 e. The second kappa shape index (κ2) is 3.43. The smallest absolute Gasteiger partial charge is 0.158 e. The molecule has 15 heavy (non-hydrogen) atoms. The van der Waals surface area contributed by atoms with Gasteiger partial charge in [-0.05, 0) is 6.42 Å². The lowest BCUT2D eigenvalue weighted by atomic mass is 10.1. The van der Waals surface area contributed by atoms with E-state index in [1.165, 1.54) is 0 Å². The molecular formula is C9H9ClN4O. The molecule has 0 bridgehead atoms. The number of nitrogens with zero attached hydrogens (tertiary/aromatic N) is 3. The third-order valence-electron chi connectivity index (χ3n) is 2.57. The van der Waals surface area contributed by atoms with Crippen LogP contribution < -0.4 is 0 Å². The Morgan fingerprint density at radius 1 is 1.47 bits per heavy atom. The normalized spacial score (nSPS) is 21.3. The van der Waals surface area contributed by atoms with Crippen LogP contribution in [-0.4, -0.2) is 33.4 Å². The Balaban J connectivity index is 2.11. The zero-order chi connectivity index (χ0) is 10.3. The number of rotatable bonds is 1. The maximum Gasteiger partial charge on any atom is 0.158 e. The maximum absolute atomic E-state index is 6.02. The van der Waals surface area contributed by atoms with Crippen LogP contribution in [0.1, 0.15) is 18.2 Å². The lowest BCUT2D eigenvalue weighted by Gasteiger charge is -2.05. The number of H-pyrrole nitrogens is 1. The number of hydrogen-bond donors (Lipinski definition) is 1. The molecule has 5 nitrogen and oxygen atoms in total. The van der Waals surface area contributed by atoms with Gasteiger partial charge in [0.1, 0.15) is 16.9 Å². The Morgan fingerprint density at radius 2 is 2.40 bits per heavy atom. The molecule has 2 aromatic heterocycles. The molecule has 0 aromatic carbocycles. The lowest BCUT2D eigenvalue weighted by molar-refractivity contribution is 0.193. The Morgan fingerprint density at radius 3 is 3.20 bits per heavy atom. The summed E-state index contributed by atoms with van der Waals surface area (Å²) in [4.78, 5) is 8.67. The van der Waals surface area contributed by atoms with E-state index in [-0.39, 0.29) is 5.92 Å². The van der Waals surface area contributed by atoms with Gasteiger partial charge in [0.05, 0.1) is 12.8 Å². The molecule has 78 valence electrons. The Bertz CT molecular complexity index is 492. The highest BCUT2D eigenvalue weighted by molar-refractivity contribution is 6.33. The molecule has 3 rings (SSSR count). The first kappa shape index (κ1) is 9.06. The van der Waals surface area contributed by atoms with Gasteiger partial charge in [0.2, 0.25) is 0 Å². The molecule has 1 fully saturated rings. The average molecular weight is 225 g/mol. The number of halogens is 1. The van der Waals surface area contributed by atoms with Gasteiger partial charge in [-0.2, -0.15) is 5.10 Å². The molecule has 1 unspecified atom stereocenters. The minimum absolute atomic E-state index is 0.266. The SMILES string of the molecule is Clc1nc(C2CCOC2)nc2cn[nH]c12. The van der Waals surface area contributed by atoms with Crippen LogP contribution in [0.4, 0.5) is 0 Å². The molecule has 1 aliphatic heterocycles. The highest BCUT2D eigenvalue weighted by Crippen LogP contribution is 2.25. The van der Waals surface area contributed by atoms with Crippen LogP contribution in [0.5, 0.6) is 0 Å². The molecule has 0 aliphatic carbocycles. The van der Waals surface area contributed by atoms with Crippen molar-refractivity contribution in [2.45, 2.75) is 12.3 Å². The summed E-state index contributed by atoms with van der Waals surface area (Å²) in [6.45, 7) is 1.45. The Hall–Kier alpha value is -1.20. The second-order valence-electron chi connectivity index (χ2n) is 3.56. The molecule has 0 radical (unpaired) electrons. The van der Waals surface area contributed by atoms with Crippen LogP contribution in [0.3, 0.4) is 0 Å². The van der Waals surface area contributed by atoms with Crippen LogP contribution in [0, 0.1) is 0 Å². The van der Waals surface area contributed by atoms with Crippen molar-refractivity contribution in [3.8, 4) is 0 Å². The molecule has 0 amide bonds. The minimum atomic E-state index is 0.266. The summed E-state index contributed by atoms with van der Waals surface area (Å²) in [5.41, 5.74) is 1.45. The first-order valence-corrected chi connectivity index (χ1v) is 5.16. The third-order valence-corrected chi connectivity index (χ3v) is 2.84. The van der Waals surface area contributed by atoms with Crippen LogP contribution in [0.2, 0.25) is 5.15 Å². The molecule has 1 N–H and O–H groups in total. The zero-order valence-corrected chi connectivity index (χ0v) is 8.66. The van der Waals surface area contributed by atoms with Gasteiger partial charge in [0, 0.05) is 12.5 Å². The quantitative estimate of drug-likeness (QED) is 0.746. The summed E-state index contributed by atoms with van der Waals surface area (Å²) >= 11 is 6.02. The molecule has 3 heterocycles.